The second kappa shape index (κ2) is 7.83. The maximum atomic E-state index is 13.5. The number of aromatic nitrogens is 2. The van der Waals surface area contributed by atoms with Gasteiger partial charge < -0.3 is 19.3 Å². The van der Waals surface area contributed by atoms with E-state index in [9.17, 15) is 13.6 Å². The second-order valence-corrected chi connectivity index (χ2v) is 8.90. The molecule has 0 radical (unpaired) electrons. The number of hydrogen-bond acceptors (Lipinski definition) is 6. The van der Waals surface area contributed by atoms with Gasteiger partial charge in [0.1, 0.15) is 11.6 Å². The molecule has 170 valence electrons. The summed E-state index contributed by atoms with van der Waals surface area (Å²) in [4.78, 5) is 17.8. The molecule has 9 heteroatoms. The van der Waals surface area contributed by atoms with Gasteiger partial charge in [-0.15, -0.1) is 0 Å². The minimum absolute atomic E-state index is 0.0560. The Kier molecular flexibility index (Phi) is 4.78. The highest BCUT2D eigenvalue weighted by molar-refractivity contribution is 5.80. The summed E-state index contributed by atoms with van der Waals surface area (Å²) in [5.41, 5.74) is 1.12. The molecule has 1 aromatic heterocycles. The number of fused-ring (bicyclic) bond motifs is 3. The van der Waals surface area contributed by atoms with Crippen LogP contribution >= 0.6 is 0 Å². The van der Waals surface area contributed by atoms with Crippen LogP contribution in [-0.4, -0.2) is 22.8 Å². The Labute approximate surface area is 188 Å². The van der Waals surface area contributed by atoms with E-state index < -0.39 is 11.6 Å². The fourth-order valence-electron chi connectivity index (χ4n) is 5.57. The van der Waals surface area contributed by atoms with Crippen molar-refractivity contribution in [2.45, 2.75) is 31.7 Å². The van der Waals surface area contributed by atoms with E-state index in [1.807, 2.05) is 6.07 Å². The zero-order chi connectivity index (χ0) is 22.5. The molecule has 0 saturated heterocycles. The summed E-state index contributed by atoms with van der Waals surface area (Å²) < 4.78 is 43.4. The molecule has 1 N–H and O–H groups in total. The van der Waals surface area contributed by atoms with Crippen molar-refractivity contribution < 1.29 is 27.6 Å². The maximum absolute atomic E-state index is 13.5. The SMILES string of the molecule is O=C(NCc1cc(F)cc(F)c1)[C@H]1[C@H]2CC[C@H](C2)[C@@H]1c1nc(-c2ccc3c(c2)OCO3)no1. The molecular weight excluding hydrogens is 432 g/mol. The van der Waals surface area contributed by atoms with Gasteiger partial charge in [-0.3, -0.25) is 4.79 Å². The highest BCUT2D eigenvalue weighted by Gasteiger charge is 2.53. The van der Waals surface area contributed by atoms with Gasteiger partial charge >= 0.3 is 0 Å². The number of halogens is 2. The van der Waals surface area contributed by atoms with Gasteiger partial charge in [0.05, 0.1) is 11.8 Å². The molecule has 2 aliphatic carbocycles. The fraction of sp³-hybridized carbons (Fsp3) is 0.375. The Morgan fingerprint density at radius 2 is 1.82 bits per heavy atom. The van der Waals surface area contributed by atoms with E-state index in [4.69, 9.17) is 14.0 Å². The number of carbonyl (C=O) groups excluding carboxylic acids is 1. The molecule has 33 heavy (non-hydrogen) atoms. The van der Waals surface area contributed by atoms with Crippen molar-refractivity contribution in [2.24, 2.45) is 17.8 Å². The predicted molar refractivity (Wildman–Crippen MR) is 111 cm³/mol. The standard InChI is InChI=1S/C24H21F2N3O4/c25-16-5-12(6-17(26)9-16)10-27-23(30)20-13-1-2-14(7-13)21(20)24-28-22(29-33-24)15-3-4-18-19(8-15)32-11-31-18/h3-6,8-9,13-14,20-21H,1-2,7,10-11H2,(H,27,30)/t13-,14+,20-,21-/m0/s1. The van der Waals surface area contributed by atoms with Gasteiger partial charge in [0, 0.05) is 18.2 Å². The lowest BCUT2D eigenvalue weighted by atomic mass is 9.78. The van der Waals surface area contributed by atoms with Crippen molar-refractivity contribution in [1.29, 1.82) is 0 Å². The molecule has 2 bridgehead atoms. The van der Waals surface area contributed by atoms with Gasteiger partial charge in [-0.2, -0.15) is 4.98 Å². The number of carbonyl (C=O) groups is 1. The molecule has 4 atom stereocenters. The first-order chi connectivity index (χ1) is 16.0. The van der Waals surface area contributed by atoms with Gasteiger partial charge in [0.15, 0.2) is 11.5 Å². The van der Waals surface area contributed by atoms with Crippen molar-refractivity contribution >= 4 is 5.91 Å². The molecule has 3 aliphatic rings. The normalized spacial score (nSPS) is 24.9. The zero-order valence-corrected chi connectivity index (χ0v) is 17.6. The van der Waals surface area contributed by atoms with E-state index in [1.165, 1.54) is 12.1 Å². The molecule has 1 amide bonds. The number of benzene rings is 2. The van der Waals surface area contributed by atoms with E-state index in [-0.39, 0.29) is 37.0 Å². The topological polar surface area (TPSA) is 86.5 Å². The lowest BCUT2D eigenvalue weighted by Gasteiger charge is -2.27. The first-order valence-corrected chi connectivity index (χ1v) is 11.0. The Bertz CT molecular complexity index is 1210. The average Bonchev–Trinajstić information content (AvgIpc) is 3.59. The minimum atomic E-state index is -0.668. The molecule has 6 rings (SSSR count). The van der Waals surface area contributed by atoms with Crippen molar-refractivity contribution in [3.8, 4) is 22.9 Å². The van der Waals surface area contributed by atoms with E-state index in [0.29, 0.717) is 34.7 Å². The third-order valence-electron chi connectivity index (χ3n) is 6.97. The van der Waals surface area contributed by atoms with Crippen molar-refractivity contribution in [1.82, 2.24) is 15.5 Å². The van der Waals surface area contributed by atoms with Gasteiger partial charge in [0.25, 0.3) is 0 Å². The van der Waals surface area contributed by atoms with Crippen LogP contribution in [0.2, 0.25) is 0 Å². The summed E-state index contributed by atoms with van der Waals surface area (Å²) >= 11 is 0. The highest BCUT2D eigenvalue weighted by Crippen LogP contribution is 2.56. The van der Waals surface area contributed by atoms with Crippen LogP contribution in [0.1, 0.15) is 36.6 Å². The fourth-order valence-corrected chi connectivity index (χ4v) is 5.57. The molecular formula is C24H21F2N3O4. The molecule has 2 aromatic carbocycles. The quantitative estimate of drug-likeness (QED) is 0.624. The zero-order valence-electron chi connectivity index (χ0n) is 17.6. The highest BCUT2D eigenvalue weighted by atomic mass is 19.1. The number of rotatable bonds is 5. The molecule has 2 fully saturated rings. The largest absolute Gasteiger partial charge is 0.454 e. The van der Waals surface area contributed by atoms with Crippen molar-refractivity contribution in [3.05, 3.63) is 59.5 Å². The molecule has 3 aromatic rings. The van der Waals surface area contributed by atoms with Crippen LogP contribution in [0.3, 0.4) is 0 Å². The van der Waals surface area contributed by atoms with E-state index >= 15 is 0 Å². The first kappa shape index (κ1) is 20.1. The lowest BCUT2D eigenvalue weighted by Crippen LogP contribution is -2.37. The van der Waals surface area contributed by atoms with Gasteiger partial charge in [-0.1, -0.05) is 5.16 Å². The van der Waals surface area contributed by atoms with Crippen LogP contribution in [0.25, 0.3) is 11.4 Å². The third kappa shape index (κ3) is 3.61. The first-order valence-electron chi connectivity index (χ1n) is 11.0. The monoisotopic (exact) mass is 453 g/mol. The Morgan fingerprint density at radius 1 is 1.03 bits per heavy atom. The Balaban J connectivity index is 1.22. The van der Waals surface area contributed by atoms with Crippen LogP contribution in [-0.2, 0) is 11.3 Å². The second-order valence-electron chi connectivity index (χ2n) is 8.90. The molecule has 0 spiro atoms. The summed E-state index contributed by atoms with van der Waals surface area (Å²) in [5, 5.41) is 7.00. The number of amides is 1. The van der Waals surface area contributed by atoms with E-state index in [0.717, 1.165) is 30.9 Å². The van der Waals surface area contributed by atoms with Gasteiger partial charge in [-0.25, -0.2) is 8.78 Å². The summed E-state index contributed by atoms with van der Waals surface area (Å²) in [7, 11) is 0. The van der Waals surface area contributed by atoms with Crippen LogP contribution in [0.5, 0.6) is 11.5 Å². The van der Waals surface area contributed by atoms with E-state index in [1.54, 1.807) is 12.1 Å². The molecule has 2 saturated carbocycles. The van der Waals surface area contributed by atoms with E-state index in [2.05, 4.69) is 15.5 Å². The number of hydrogen-bond donors (Lipinski definition) is 1. The summed E-state index contributed by atoms with van der Waals surface area (Å²) in [6.07, 6.45) is 2.91. The van der Waals surface area contributed by atoms with Crippen LogP contribution in [0, 0.1) is 29.4 Å². The molecule has 7 nitrogen and oxygen atoms in total. The summed E-state index contributed by atoms with van der Waals surface area (Å²) in [6, 6.07) is 8.70. The molecule has 1 aliphatic heterocycles. The Morgan fingerprint density at radius 3 is 2.67 bits per heavy atom. The number of nitrogens with zero attached hydrogens (tertiary/aromatic N) is 2. The van der Waals surface area contributed by atoms with Crippen LogP contribution < -0.4 is 14.8 Å². The van der Waals surface area contributed by atoms with Crippen molar-refractivity contribution in [3.63, 3.8) is 0 Å². The minimum Gasteiger partial charge on any atom is -0.454 e. The predicted octanol–water partition coefficient (Wildman–Crippen LogP) is 4.19. The van der Waals surface area contributed by atoms with Crippen molar-refractivity contribution in [2.75, 3.05) is 6.79 Å². The number of ether oxygens (including phenoxy) is 2. The van der Waals surface area contributed by atoms with Crippen LogP contribution in [0.4, 0.5) is 8.78 Å². The summed E-state index contributed by atoms with van der Waals surface area (Å²) in [5.74, 6) is 0.725. The average molecular weight is 453 g/mol. The molecule has 2 heterocycles. The smallest absolute Gasteiger partial charge is 0.231 e. The van der Waals surface area contributed by atoms with Crippen LogP contribution in [0.15, 0.2) is 40.9 Å². The van der Waals surface area contributed by atoms with Gasteiger partial charge in [-0.05, 0) is 67.0 Å². The maximum Gasteiger partial charge on any atom is 0.231 e. The Hall–Kier alpha value is -3.49. The lowest BCUT2D eigenvalue weighted by molar-refractivity contribution is -0.127. The number of nitrogens with one attached hydrogen (secondary N) is 1. The third-order valence-corrected chi connectivity index (χ3v) is 6.97. The van der Waals surface area contributed by atoms with Gasteiger partial charge in [0.2, 0.25) is 24.4 Å². The summed E-state index contributed by atoms with van der Waals surface area (Å²) in [6.45, 7) is 0.237. The molecule has 0 unspecified atom stereocenters.